The Kier molecular flexibility index (Phi) is 8.38. The van der Waals surface area contributed by atoms with Crippen LogP contribution in [0.2, 0.25) is 3.72 Å². The number of allylic oxidation sites excluding steroid dienone is 4. The molecule has 5 rings (SSSR count). The van der Waals surface area contributed by atoms with Crippen LogP contribution in [0.3, 0.4) is 0 Å². The molecule has 37 heavy (non-hydrogen) atoms. The minimum atomic E-state index is -2.86. The van der Waals surface area contributed by atoms with Crippen molar-refractivity contribution >= 4 is 0 Å². The molecule has 0 aromatic heterocycles. The van der Waals surface area contributed by atoms with Crippen LogP contribution in [-0.2, 0) is 30.8 Å². The molecule has 2 aliphatic carbocycles. The van der Waals surface area contributed by atoms with Crippen LogP contribution in [0.15, 0.2) is 113 Å². The summed E-state index contributed by atoms with van der Waals surface area (Å²) in [5, 5.41) is 0. The van der Waals surface area contributed by atoms with Crippen molar-refractivity contribution in [3.63, 3.8) is 0 Å². The van der Waals surface area contributed by atoms with Gasteiger partial charge in [0.1, 0.15) is 0 Å². The van der Waals surface area contributed by atoms with Gasteiger partial charge < -0.3 is 0 Å². The van der Waals surface area contributed by atoms with Crippen LogP contribution in [0.1, 0.15) is 82.4 Å². The first-order valence-electron chi connectivity index (χ1n) is 14.7. The molecule has 0 radical (unpaired) electrons. The molecule has 1 atom stereocenters. The predicted octanol–water partition coefficient (Wildman–Crippen LogP) is 10.3. The standard InChI is InChI=1S/C15H23.3C7H7.Ti/c1-4-11-12(5-2)14-9-7-8-10-15(14)13(11)6-3;3*1-7-5-3-2-4-6-7;/h4-10H2,1-3H3;3*2-6H,1H2;. The fourth-order valence-electron chi connectivity index (χ4n) is 8.32. The molecule has 0 saturated heterocycles. The van der Waals surface area contributed by atoms with Crippen molar-refractivity contribution in [3.05, 3.63) is 130 Å². The molecule has 0 nitrogen and oxygen atoms in total. The molecule has 3 aromatic carbocycles. The second-order valence-electron chi connectivity index (χ2n) is 11.4. The van der Waals surface area contributed by atoms with E-state index in [1.165, 1.54) is 59.1 Å². The fourth-order valence-corrected chi connectivity index (χ4v) is 19.2. The van der Waals surface area contributed by atoms with E-state index in [1.54, 1.807) is 27.8 Å². The molecule has 0 saturated carbocycles. The Morgan fingerprint density at radius 1 is 0.595 bits per heavy atom. The first-order chi connectivity index (χ1) is 18.2. The summed E-state index contributed by atoms with van der Waals surface area (Å²) in [5.74, 6) is 0. The van der Waals surface area contributed by atoms with Gasteiger partial charge in [-0.05, 0) is 0 Å². The van der Waals surface area contributed by atoms with Crippen molar-refractivity contribution < 1.29 is 16.6 Å². The number of rotatable bonds is 10. The Morgan fingerprint density at radius 3 is 1.46 bits per heavy atom. The van der Waals surface area contributed by atoms with Gasteiger partial charge in [0.2, 0.25) is 0 Å². The van der Waals surface area contributed by atoms with E-state index in [4.69, 9.17) is 0 Å². The van der Waals surface area contributed by atoms with Gasteiger partial charge in [-0.1, -0.05) is 0 Å². The molecule has 0 fully saturated rings. The average Bonchev–Trinajstić information content (AvgIpc) is 3.24. The average molecular weight is 525 g/mol. The van der Waals surface area contributed by atoms with Crippen LogP contribution in [0.25, 0.3) is 0 Å². The monoisotopic (exact) mass is 524 g/mol. The van der Waals surface area contributed by atoms with Gasteiger partial charge in [0, 0.05) is 0 Å². The first kappa shape index (κ1) is 26.5. The first-order valence-corrected chi connectivity index (χ1v) is 18.8. The molecule has 1 heteroatoms. The SMILES string of the molecule is CCC1=C(CC)[C](CC)([Ti]([CH2]c2ccccc2)([CH2]c2ccccc2)[CH2]c2ccccc2)C2=C1CCCC2. The molecule has 0 amide bonds. The van der Waals surface area contributed by atoms with Crippen molar-refractivity contribution in [3.8, 4) is 0 Å². The van der Waals surface area contributed by atoms with E-state index in [0.29, 0.717) is 0 Å². The summed E-state index contributed by atoms with van der Waals surface area (Å²) < 4.78 is 4.15. The number of hydrogen-bond donors (Lipinski definition) is 0. The van der Waals surface area contributed by atoms with Crippen molar-refractivity contribution in [1.82, 2.24) is 0 Å². The minimum absolute atomic E-state index is 0.289. The predicted molar refractivity (Wildman–Crippen MR) is 157 cm³/mol. The van der Waals surface area contributed by atoms with Crippen LogP contribution >= 0.6 is 0 Å². The van der Waals surface area contributed by atoms with Gasteiger partial charge in [0.25, 0.3) is 0 Å². The number of hydrogen-bond acceptors (Lipinski definition) is 0. The van der Waals surface area contributed by atoms with E-state index in [9.17, 15) is 0 Å². The molecule has 1 unspecified atom stereocenters. The van der Waals surface area contributed by atoms with Gasteiger partial charge in [-0.3, -0.25) is 0 Å². The summed E-state index contributed by atoms with van der Waals surface area (Å²) in [5.41, 5.74) is 12.0. The summed E-state index contributed by atoms with van der Waals surface area (Å²) in [6.07, 6.45) is 9.04. The Hall–Kier alpha value is -2.15. The van der Waals surface area contributed by atoms with Crippen LogP contribution in [-0.4, -0.2) is 0 Å². The fraction of sp³-hybridized carbons (Fsp3) is 0.389. The molecular formula is C36H44Ti. The zero-order valence-electron chi connectivity index (χ0n) is 23.2. The van der Waals surface area contributed by atoms with E-state index in [1.807, 2.05) is 11.1 Å². The van der Waals surface area contributed by atoms with Crippen LogP contribution < -0.4 is 0 Å². The molecule has 0 N–H and O–H groups in total. The van der Waals surface area contributed by atoms with E-state index in [2.05, 4.69) is 112 Å². The Bertz CT molecular complexity index is 1120. The molecule has 0 bridgehead atoms. The summed E-state index contributed by atoms with van der Waals surface area (Å²) in [4.78, 5) is 0. The zero-order valence-corrected chi connectivity index (χ0v) is 24.8. The summed E-state index contributed by atoms with van der Waals surface area (Å²) in [7, 11) is 0. The third kappa shape index (κ3) is 4.89. The van der Waals surface area contributed by atoms with Gasteiger partial charge in [-0.25, -0.2) is 0 Å². The number of benzene rings is 3. The molecule has 192 valence electrons. The molecule has 0 heterocycles. The van der Waals surface area contributed by atoms with Crippen LogP contribution in [0.4, 0.5) is 0 Å². The molecule has 2 aliphatic rings. The summed E-state index contributed by atoms with van der Waals surface area (Å²) in [6, 6.07) is 34.6. The van der Waals surface area contributed by atoms with Crippen molar-refractivity contribution in [1.29, 1.82) is 0 Å². The summed E-state index contributed by atoms with van der Waals surface area (Å²) in [6.45, 7) is 7.44. The Labute approximate surface area is 229 Å². The van der Waals surface area contributed by atoms with E-state index >= 15 is 0 Å². The molecule has 0 spiro atoms. The van der Waals surface area contributed by atoms with E-state index in [-0.39, 0.29) is 3.72 Å². The zero-order chi connectivity index (χ0) is 25.7. The van der Waals surface area contributed by atoms with E-state index in [0.717, 1.165) is 0 Å². The van der Waals surface area contributed by atoms with Gasteiger partial charge >= 0.3 is 230 Å². The van der Waals surface area contributed by atoms with E-state index < -0.39 is 16.6 Å². The quantitative estimate of drug-likeness (QED) is 0.231. The molecule has 0 aliphatic heterocycles. The topological polar surface area (TPSA) is 0 Å². The van der Waals surface area contributed by atoms with Crippen molar-refractivity contribution in [2.75, 3.05) is 0 Å². The second kappa shape index (κ2) is 11.7. The molecule has 3 aromatic rings. The summed E-state index contributed by atoms with van der Waals surface area (Å²) >= 11 is -2.86. The Balaban J connectivity index is 1.81. The van der Waals surface area contributed by atoms with Crippen molar-refractivity contribution in [2.45, 2.75) is 83.6 Å². The van der Waals surface area contributed by atoms with Crippen molar-refractivity contribution in [2.24, 2.45) is 0 Å². The maximum atomic E-state index is 2.55. The van der Waals surface area contributed by atoms with Gasteiger partial charge in [0.15, 0.2) is 0 Å². The van der Waals surface area contributed by atoms with Crippen LogP contribution in [0.5, 0.6) is 0 Å². The third-order valence-electron chi connectivity index (χ3n) is 9.53. The van der Waals surface area contributed by atoms with Gasteiger partial charge in [-0.2, -0.15) is 0 Å². The Morgan fingerprint density at radius 2 is 1.05 bits per heavy atom. The normalized spacial score (nSPS) is 19.9. The molecular weight excluding hydrogens is 480 g/mol. The second-order valence-corrected chi connectivity index (χ2v) is 18.3. The third-order valence-corrected chi connectivity index (χ3v) is 18.9. The maximum absolute atomic E-state index is 2.86. The van der Waals surface area contributed by atoms with Crippen LogP contribution in [0, 0.1) is 0 Å². The van der Waals surface area contributed by atoms with Gasteiger partial charge in [-0.15, -0.1) is 0 Å². The van der Waals surface area contributed by atoms with Gasteiger partial charge in [0.05, 0.1) is 0 Å².